The van der Waals surface area contributed by atoms with E-state index in [0.29, 0.717) is 6.54 Å². The number of nitrogens with one attached hydrogen (secondary N) is 2. The van der Waals surface area contributed by atoms with E-state index >= 15 is 0 Å². The van der Waals surface area contributed by atoms with E-state index in [1.807, 2.05) is 6.08 Å². The lowest BCUT2D eigenvalue weighted by molar-refractivity contribution is -0.137. The molecule has 18 heavy (non-hydrogen) atoms. The fourth-order valence-electron chi connectivity index (χ4n) is 1.74. The summed E-state index contributed by atoms with van der Waals surface area (Å²) in [7, 11) is 0. The van der Waals surface area contributed by atoms with Gasteiger partial charge in [0, 0.05) is 19.3 Å². The summed E-state index contributed by atoms with van der Waals surface area (Å²) in [5, 5.41) is 6.09. The van der Waals surface area contributed by atoms with Crippen LogP contribution >= 0.6 is 0 Å². The van der Waals surface area contributed by atoms with Crippen LogP contribution in [0.15, 0.2) is 30.0 Å². The zero-order valence-corrected chi connectivity index (χ0v) is 9.72. The van der Waals surface area contributed by atoms with Crippen LogP contribution in [0.25, 0.3) is 0 Å². The average molecular weight is 257 g/mol. The normalized spacial score (nSPS) is 16.3. The number of pyridine rings is 1. The first-order valence-corrected chi connectivity index (χ1v) is 5.71. The smallest absolute Gasteiger partial charge is 0.366 e. The van der Waals surface area contributed by atoms with Crippen LogP contribution in [0.2, 0.25) is 0 Å². The molecule has 2 N–H and O–H groups in total. The maximum absolute atomic E-state index is 12.5. The molecule has 0 radical (unpaired) electrons. The Labute approximate surface area is 103 Å². The van der Waals surface area contributed by atoms with Crippen LogP contribution in [0.5, 0.6) is 0 Å². The lowest BCUT2D eigenvalue weighted by Crippen LogP contribution is -2.23. The van der Waals surface area contributed by atoms with Gasteiger partial charge in [-0.05, 0) is 25.1 Å². The Morgan fingerprint density at radius 2 is 2.22 bits per heavy atom. The average Bonchev–Trinajstić information content (AvgIpc) is 2.37. The third-order valence-electron chi connectivity index (χ3n) is 2.74. The van der Waals surface area contributed by atoms with Gasteiger partial charge in [0.2, 0.25) is 0 Å². The number of nitrogens with zero attached hydrogens (tertiary/aromatic N) is 1. The molecule has 1 aromatic heterocycles. The van der Waals surface area contributed by atoms with E-state index in [9.17, 15) is 13.2 Å². The molecule has 0 bridgehead atoms. The van der Waals surface area contributed by atoms with Crippen LogP contribution in [0.1, 0.15) is 12.0 Å². The van der Waals surface area contributed by atoms with Gasteiger partial charge in [0.1, 0.15) is 5.82 Å². The molecule has 0 spiro atoms. The molecule has 2 heterocycles. The lowest BCUT2D eigenvalue weighted by Gasteiger charge is -2.15. The van der Waals surface area contributed by atoms with Crippen LogP contribution in [0.4, 0.5) is 19.0 Å². The fourth-order valence-corrected chi connectivity index (χ4v) is 1.74. The van der Waals surface area contributed by atoms with Crippen molar-refractivity contribution < 1.29 is 13.2 Å². The number of rotatable bonds is 3. The SMILES string of the molecule is FC(F)(F)c1ccnc(NCC2=CCNCC2)c1. The first-order valence-electron chi connectivity index (χ1n) is 5.71. The van der Waals surface area contributed by atoms with Gasteiger partial charge in [0.25, 0.3) is 0 Å². The minimum Gasteiger partial charge on any atom is -0.366 e. The van der Waals surface area contributed by atoms with Crippen molar-refractivity contribution in [2.24, 2.45) is 0 Å². The molecule has 6 heteroatoms. The summed E-state index contributed by atoms with van der Waals surface area (Å²) in [5.41, 5.74) is 0.507. The Morgan fingerprint density at radius 1 is 1.39 bits per heavy atom. The Morgan fingerprint density at radius 3 is 2.89 bits per heavy atom. The standard InChI is InChI=1S/C12H14F3N3/c13-12(14,15)10-3-6-17-11(7-10)18-8-9-1-4-16-5-2-9/h1,3,6-7,16H,2,4-5,8H2,(H,17,18). The number of hydrogen-bond donors (Lipinski definition) is 2. The van der Waals surface area contributed by atoms with Crippen LogP contribution in [-0.4, -0.2) is 24.6 Å². The van der Waals surface area contributed by atoms with Crippen LogP contribution < -0.4 is 10.6 Å². The van der Waals surface area contributed by atoms with Crippen molar-refractivity contribution in [2.75, 3.05) is 25.0 Å². The third-order valence-corrected chi connectivity index (χ3v) is 2.74. The Bertz CT molecular complexity index is 440. The minimum absolute atomic E-state index is 0.254. The Balaban J connectivity index is 1.99. The molecule has 1 aromatic rings. The van der Waals surface area contributed by atoms with Crippen molar-refractivity contribution in [3.8, 4) is 0 Å². The van der Waals surface area contributed by atoms with Crippen molar-refractivity contribution in [2.45, 2.75) is 12.6 Å². The van der Waals surface area contributed by atoms with Crippen molar-refractivity contribution in [3.05, 3.63) is 35.5 Å². The molecule has 0 fully saturated rings. The van der Waals surface area contributed by atoms with Gasteiger partial charge < -0.3 is 10.6 Å². The molecular weight excluding hydrogens is 243 g/mol. The molecule has 1 aliphatic heterocycles. The molecule has 0 aromatic carbocycles. The number of aromatic nitrogens is 1. The number of alkyl halides is 3. The van der Waals surface area contributed by atoms with E-state index in [4.69, 9.17) is 0 Å². The Hall–Kier alpha value is -1.56. The molecule has 0 atom stereocenters. The third kappa shape index (κ3) is 3.46. The molecule has 0 saturated heterocycles. The maximum Gasteiger partial charge on any atom is 0.416 e. The van der Waals surface area contributed by atoms with Gasteiger partial charge in [-0.2, -0.15) is 13.2 Å². The largest absolute Gasteiger partial charge is 0.416 e. The topological polar surface area (TPSA) is 37.0 Å². The Kier molecular flexibility index (Phi) is 3.86. The zero-order valence-electron chi connectivity index (χ0n) is 9.72. The highest BCUT2D eigenvalue weighted by Crippen LogP contribution is 2.29. The lowest BCUT2D eigenvalue weighted by atomic mass is 10.1. The van der Waals surface area contributed by atoms with E-state index in [0.717, 1.165) is 31.6 Å². The van der Waals surface area contributed by atoms with Gasteiger partial charge in [-0.1, -0.05) is 11.6 Å². The second-order valence-electron chi connectivity index (χ2n) is 4.10. The molecule has 0 aliphatic carbocycles. The minimum atomic E-state index is -4.33. The van der Waals surface area contributed by atoms with E-state index in [-0.39, 0.29) is 5.82 Å². The first-order chi connectivity index (χ1) is 8.55. The summed E-state index contributed by atoms with van der Waals surface area (Å²) < 4.78 is 37.5. The van der Waals surface area contributed by atoms with Gasteiger partial charge in [0.15, 0.2) is 0 Å². The van der Waals surface area contributed by atoms with Crippen molar-refractivity contribution in [1.29, 1.82) is 0 Å². The summed E-state index contributed by atoms with van der Waals surface area (Å²) in [5.74, 6) is 0.254. The highest BCUT2D eigenvalue weighted by atomic mass is 19.4. The molecule has 0 amide bonds. The summed E-state index contributed by atoms with van der Waals surface area (Å²) in [6, 6.07) is 2.00. The van der Waals surface area contributed by atoms with E-state index in [1.165, 1.54) is 11.8 Å². The number of anilines is 1. The number of hydrogen-bond acceptors (Lipinski definition) is 3. The molecular formula is C12H14F3N3. The summed E-state index contributed by atoms with van der Waals surface area (Å²) in [6.07, 6.45) is -0.203. The van der Waals surface area contributed by atoms with E-state index in [2.05, 4.69) is 15.6 Å². The monoisotopic (exact) mass is 257 g/mol. The predicted molar refractivity (Wildman–Crippen MR) is 63.3 cm³/mol. The van der Waals surface area contributed by atoms with Crippen molar-refractivity contribution in [3.63, 3.8) is 0 Å². The van der Waals surface area contributed by atoms with Gasteiger partial charge >= 0.3 is 6.18 Å². The molecule has 1 aliphatic rings. The molecule has 0 saturated carbocycles. The first kappa shape index (κ1) is 12.9. The molecule has 98 valence electrons. The highest BCUT2D eigenvalue weighted by molar-refractivity contribution is 5.40. The second-order valence-corrected chi connectivity index (χ2v) is 4.10. The van der Waals surface area contributed by atoms with E-state index in [1.54, 1.807) is 0 Å². The van der Waals surface area contributed by atoms with Gasteiger partial charge in [-0.3, -0.25) is 0 Å². The molecule has 0 unspecified atom stereocenters. The summed E-state index contributed by atoms with van der Waals surface area (Å²) in [6.45, 7) is 2.26. The maximum atomic E-state index is 12.5. The van der Waals surface area contributed by atoms with E-state index < -0.39 is 11.7 Å². The predicted octanol–water partition coefficient (Wildman–Crippen LogP) is 2.43. The number of halogens is 3. The van der Waals surface area contributed by atoms with Crippen molar-refractivity contribution in [1.82, 2.24) is 10.3 Å². The van der Waals surface area contributed by atoms with Gasteiger partial charge in [0.05, 0.1) is 5.56 Å². The second kappa shape index (κ2) is 5.39. The fraction of sp³-hybridized carbons (Fsp3) is 0.417. The quantitative estimate of drug-likeness (QED) is 0.817. The van der Waals surface area contributed by atoms with Crippen LogP contribution in [0, 0.1) is 0 Å². The van der Waals surface area contributed by atoms with Gasteiger partial charge in [-0.15, -0.1) is 0 Å². The summed E-state index contributed by atoms with van der Waals surface area (Å²) in [4.78, 5) is 3.88. The zero-order chi connectivity index (χ0) is 13.0. The van der Waals surface area contributed by atoms with Crippen LogP contribution in [0.3, 0.4) is 0 Å². The summed E-state index contributed by atoms with van der Waals surface area (Å²) >= 11 is 0. The molecule has 3 nitrogen and oxygen atoms in total. The van der Waals surface area contributed by atoms with Gasteiger partial charge in [-0.25, -0.2) is 4.98 Å². The highest BCUT2D eigenvalue weighted by Gasteiger charge is 2.30. The van der Waals surface area contributed by atoms with Crippen molar-refractivity contribution >= 4 is 5.82 Å². The molecule has 2 rings (SSSR count). The van der Waals surface area contributed by atoms with Crippen LogP contribution in [-0.2, 0) is 6.18 Å².